The molecule has 1 unspecified atom stereocenters. The number of fused-ring (bicyclic) bond motifs is 1. The molecule has 2 fully saturated rings. The average Bonchev–Trinajstić information content (AvgIpc) is 2.68. The molecule has 0 saturated carbocycles. The summed E-state index contributed by atoms with van der Waals surface area (Å²) in [6, 6.07) is 7.21. The molecule has 2 aliphatic rings. The van der Waals surface area contributed by atoms with E-state index in [4.69, 9.17) is 33.2 Å². The van der Waals surface area contributed by atoms with Crippen LogP contribution in [0, 0.1) is 0 Å². The Morgan fingerprint density at radius 3 is 2.18 bits per heavy atom. The minimum atomic E-state index is -0.970. The normalized spacial score (nSPS) is 32.1. The van der Waals surface area contributed by atoms with Gasteiger partial charge in [0.1, 0.15) is 18.0 Å². The summed E-state index contributed by atoms with van der Waals surface area (Å²) >= 11 is 0. The molecule has 28 heavy (non-hydrogen) atoms. The number of methoxy groups -OCH3 is 2. The molecule has 1 aromatic carbocycles. The van der Waals surface area contributed by atoms with Crippen LogP contribution in [0.2, 0.25) is 0 Å². The predicted octanol–water partition coefficient (Wildman–Crippen LogP) is 1.34. The topological polar surface area (TPSA) is 98.8 Å². The zero-order valence-corrected chi connectivity index (χ0v) is 16.2. The first-order valence-corrected chi connectivity index (χ1v) is 8.86. The molecule has 0 spiro atoms. The van der Waals surface area contributed by atoms with Crippen molar-refractivity contribution in [3.8, 4) is 5.75 Å². The molecule has 2 heterocycles. The van der Waals surface area contributed by atoms with Crippen molar-refractivity contribution in [2.45, 2.75) is 50.8 Å². The molecular formula is C19H24O9. The molecule has 2 aliphatic heterocycles. The standard InChI is InChI=1S/C19H24O9/c1-10(20)25-16-15-14(27-19(23-4)17(16)26-11(2)21)9-24-18(28-15)12-5-7-13(22-3)8-6-12/h5-8,14-19H,9H2,1-4H3/t14-,15-,16+,17-,18?,19+/m1/s1. The van der Waals surface area contributed by atoms with Crippen LogP contribution >= 0.6 is 0 Å². The molecule has 9 heteroatoms. The van der Waals surface area contributed by atoms with E-state index in [9.17, 15) is 9.59 Å². The van der Waals surface area contributed by atoms with Crippen molar-refractivity contribution in [1.82, 2.24) is 0 Å². The van der Waals surface area contributed by atoms with Gasteiger partial charge in [0, 0.05) is 26.5 Å². The molecule has 0 N–H and O–H groups in total. The van der Waals surface area contributed by atoms with E-state index in [1.807, 2.05) is 12.1 Å². The molecular weight excluding hydrogens is 372 g/mol. The number of esters is 2. The van der Waals surface area contributed by atoms with Crippen molar-refractivity contribution >= 4 is 11.9 Å². The van der Waals surface area contributed by atoms with Crippen LogP contribution in [0.5, 0.6) is 5.75 Å². The average molecular weight is 396 g/mol. The molecule has 154 valence electrons. The van der Waals surface area contributed by atoms with E-state index < -0.39 is 48.9 Å². The van der Waals surface area contributed by atoms with E-state index >= 15 is 0 Å². The minimum Gasteiger partial charge on any atom is -0.497 e. The predicted molar refractivity (Wildman–Crippen MR) is 93.3 cm³/mol. The monoisotopic (exact) mass is 396 g/mol. The van der Waals surface area contributed by atoms with Gasteiger partial charge >= 0.3 is 11.9 Å². The summed E-state index contributed by atoms with van der Waals surface area (Å²) in [5, 5.41) is 0. The second kappa shape index (κ2) is 8.87. The van der Waals surface area contributed by atoms with Gasteiger partial charge in [-0.05, 0) is 12.1 Å². The van der Waals surface area contributed by atoms with Gasteiger partial charge in [-0.1, -0.05) is 12.1 Å². The third kappa shape index (κ3) is 4.44. The Morgan fingerprint density at radius 2 is 1.61 bits per heavy atom. The summed E-state index contributed by atoms with van der Waals surface area (Å²) in [6.07, 6.45) is -4.77. The van der Waals surface area contributed by atoms with Crippen LogP contribution in [0.3, 0.4) is 0 Å². The van der Waals surface area contributed by atoms with Gasteiger partial charge < -0.3 is 33.2 Å². The lowest BCUT2D eigenvalue weighted by Gasteiger charge is -2.47. The zero-order chi connectivity index (χ0) is 20.3. The summed E-state index contributed by atoms with van der Waals surface area (Å²) < 4.78 is 38.9. The Hall–Kier alpha value is -2.20. The van der Waals surface area contributed by atoms with Gasteiger partial charge in [0.25, 0.3) is 0 Å². The van der Waals surface area contributed by atoms with Crippen LogP contribution in [-0.4, -0.2) is 63.5 Å². The maximum atomic E-state index is 11.7. The summed E-state index contributed by atoms with van der Waals surface area (Å²) in [4.78, 5) is 23.2. The third-order valence-corrected chi connectivity index (χ3v) is 4.51. The number of benzene rings is 1. The third-order valence-electron chi connectivity index (χ3n) is 4.51. The summed E-state index contributed by atoms with van der Waals surface area (Å²) in [6.45, 7) is 2.72. The highest BCUT2D eigenvalue weighted by atomic mass is 16.8. The molecule has 0 radical (unpaired) electrons. The number of hydrogen-bond acceptors (Lipinski definition) is 9. The van der Waals surface area contributed by atoms with E-state index in [0.717, 1.165) is 5.56 Å². The van der Waals surface area contributed by atoms with Crippen LogP contribution < -0.4 is 4.74 Å². The highest BCUT2D eigenvalue weighted by Crippen LogP contribution is 2.36. The summed E-state index contributed by atoms with van der Waals surface area (Å²) in [7, 11) is 2.99. The minimum absolute atomic E-state index is 0.186. The van der Waals surface area contributed by atoms with Crippen LogP contribution in [-0.2, 0) is 38.0 Å². The van der Waals surface area contributed by atoms with Gasteiger partial charge in [-0.25, -0.2) is 0 Å². The van der Waals surface area contributed by atoms with Crippen LogP contribution in [0.1, 0.15) is 25.7 Å². The Bertz CT molecular complexity index is 689. The Balaban J connectivity index is 1.84. The highest BCUT2D eigenvalue weighted by molar-refractivity contribution is 5.67. The van der Waals surface area contributed by atoms with Crippen molar-refractivity contribution < 1.29 is 42.7 Å². The van der Waals surface area contributed by atoms with E-state index in [0.29, 0.717) is 5.75 Å². The van der Waals surface area contributed by atoms with Gasteiger partial charge in [-0.3, -0.25) is 9.59 Å². The summed E-state index contributed by atoms with van der Waals surface area (Å²) in [5.41, 5.74) is 0.763. The Morgan fingerprint density at radius 1 is 0.964 bits per heavy atom. The van der Waals surface area contributed by atoms with Crippen LogP contribution in [0.25, 0.3) is 0 Å². The molecule has 2 saturated heterocycles. The number of rotatable bonds is 5. The van der Waals surface area contributed by atoms with E-state index in [-0.39, 0.29) is 6.61 Å². The number of ether oxygens (including phenoxy) is 7. The second-order valence-electron chi connectivity index (χ2n) is 6.47. The lowest BCUT2D eigenvalue weighted by Crippen LogP contribution is -2.64. The lowest BCUT2D eigenvalue weighted by atomic mass is 9.97. The molecule has 3 rings (SSSR count). The maximum Gasteiger partial charge on any atom is 0.303 e. The zero-order valence-electron chi connectivity index (χ0n) is 16.2. The molecule has 0 bridgehead atoms. The number of hydrogen-bond donors (Lipinski definition) is 0. The molecule has 9 nitrogen and oxygen atoms in total. The first-order valence-electron chi connectivity index (χ1n) is 8.86. The lowest BCUT2D eigenvalue weighted by molar-refractivity contribution is -0.359. The molecule has 0 aliphatic carbocycles. The maximum absolute atomic E-state index is 11.7. The Labute approximate surface area is 162 Å². The summed E-state index contributed by atoms with van der Waals surface area (Å²) in [5.74, 6) is -0.382. The largest absolute Gasteiger partial charge is 0.497 e. The van der Waals surface area contributed by atoms with E-state index in [2.05, 4.69) is 0 Å². The smallest absolute Gasteiger partial charge is 0.303 e. The van der Waals surface area contributed by atoms with E-state index in [1.165, 1.54) is 21.0 Å². The van der Waals surface area contributed by atoms with Gasteiger partial charge in [-0.2, -0.15) is 0 Å². The van der Waals surface area contributed by atoms with Gasteiger partial charge in [-0.15, -0.1) is 0 Å². The quantitative estimate of drug-likeness (QED) is 0.683. The fourth-order valence-electron chi connectivity index (χ4n) is 3.31. The SMILES string of the molecule is COc1ccc(C2OC[C@H]3O[C@H](OC)[C@H](OC(C)=O)[C@@H](OC(C)=O)[C@@H]3O2)cc1. The molecule has 0 amide bonds. The first kappa shape index (κ1) is 20.5. The van der Waals surface area contributed by atoms with Crippen LogP contribution in [0.15, 0.2) is 24.3 Å². The number of carbonyl (C=O) groups is 2. The Kier molecular flexibility index (Phi) is 6.50. The second-order valence-corrected chi connectivity index (χ2v) is 6.47. The first-order chi connectivity index (χ1) is 13.4. The fraction of sp³-hybridized carbons (Fsp3) is 0.579. The fourth-order valence-corrected chi connectivity index (χ4v) is 3.31. The van der Waals surface area contributed by atoms with Crippen molar-refractivity contribution in [2.75, 3.05) is 20.8 Å². The number of carbonyl (C=O) groups excluding carboxylic acids is 2. The van der Waals surface area contributed by atoms with Crippen molar-refractivity contribution in [3.05, 3.63) is 29.8 Å². The van der Waals surface area contributed by atoms with Crippen LogP contribution in [0.4, 0.5) is 0 Å². The molecule has 0 aromatic heterocycles. The molecule has 6 atom stereocenters. The van der Waals surface area contributed by atoms with Crippen molar-refractivity contribution in [1.29, 1.82) is 0 Å². The van der Waals surface area contributed by atoms with Crippen molar-refractivity contribution in [2.24, 2.45) is 0 Å². The van der Waals surface area contributed by atoms with E-state index in [1.54, 1.807) is 19.2 Å². The van der Waals surface area contributed by atoms with Gasteiger partial charge in [0.2, 0.25) is 0 Å². The van der Waals surface area contributed by atoms with Gasteiger partial charge in [0.15, 0.2) is 24.8 Å². The van der Waals surface area contributed by atoms with Gasteiger partial charge in [0.05, 0.1) is 13.7 Å². The molecule has 1 aromatic rings. The highest BCUT2D eigenvalue weighted by Gasteiger charge is 2.53. The van der Waals surface area contributed by atoms with Crippen molar-refractivity contribution in [3.63, 3.8) is 0 Å².